The Labute approximate surface area is 68.0 Å². The predicted molar refractivity (Wildman–Crippen MR) is 40.5 cm³/mol. The quantitative estimate of drug-likeness (QED) is 0.605. The van der Waals surface area contributed by atoms with Crippen LogP contribution in [-0.2, 0) is 0 Å². The molecule has 1 aromatic carbocycles. The van der Waals surface area contributed by atoms with Crippen molar-refractivity contribution < 1.29 is 4.39 Å². The second-order valence-electron chi connectivity index (χ2n) is 1.96. The Balaban J connectivity index is 3.40. The molecule has 0 aromatic heterocycles. The second kappa shape index (κ2) is 2.77. The van der Waals surface area contributed by atoms with Gasteiger partial charge in [-0.25, -0.2) is 4.39 Å². The van der Waals surface area contributed by atoms with Crippen LogP contribution in [0.2, 0.25) is 5.02 Å². The van der Waals surface area contributed by atoms with Crippen molar-refractivity contribution in [3.8, 4) is 6.07 Å². The third kappa shape index (κ3) is 1.41. The first-order chi connectivity index (χ1) is 5.15. The van der Waals surface area contributed by atoms with Gasteiger partial charge in [0.1, 0.15) is 11.9 Å². The van der Waals surface area contributed by atoms with Crippen LogP contribution in [0.15, 0.2) is 12.1 Å². The van der Waals surface area contributed by atoms with Crippen molar-refractivity contribution in [2.45, 2.75) is 0 Å². The van der Waals surface area contributed by atoms with Crippen molar-refractivity contribution in [3.63, 3.8) is 0 Å². The molecule has 0 atom stereocenters. The number of anilines is 1. The molecule has 2 N–H and O–H groups in total. The fourth-order valence-corrected chi connectivity index (χ4v) is 0.967. The molecular weight excluding hydrogens is 167 g/mol. The highest BCUT2D eigenvalue weighted by Gasteiger charge is 2.05. The summed E-state index contributed by atoms with van der Waals surface area (Å²) in [6.07, 6.45) is 0. The Kier molecular flexibility index (Phi) is 1.97. The van der Waals surface area contributed by atoms with Gasteiger partial charge in [0.15, 0.2) is 0 Å². The number of halogens is 2. The number of nitrogen functional groups attached to an aromatic ring is 1. The molecule has 0 saturated carbocycles. The SMILES string of the molecule is N#Cc1c(N)cc(F)cc1Cl. The maximum Gasteiger partial charge on any atom is 0.126 e. The Morgan fingerprint density at radius 1 is 1.55 bits per heavy atom. The van der Waals surface area contributed by atoms with Gasteiger partial charge in [-0.1, -0.05) is 11.6 Å². The Bertz CT molecular complexity index is 307. The number of hydrogen-bond acceptors (Lipinski definition) is 2. The fraction of sp³-hybridized carbons (Fsp3) is 0. The molecule has 0 aliphatic heterocycles. The van der Waals surface area contributed by atoms with E-state index < -0.39 is 5.82 Å². The maximum atomic E-state index is 12.5. The number of benzene rings is 1. The fourth-order valence-electron chi connectivity index (χ4n) is 0.711. The molecular formula is C7H4ClFN2. The average molecular weight is 171 g/mol. The van der Waals surface area contributed by atoms with Crippen molar-refractivity contribution in [2.24, 2.45) is 0 Å². The van der Waals surface area contributed by atoms with Crippen LogP contribution in [0, 0.1) is 17.1 Å². The van der Waals surface area contributed by atoms with Crippen molar-refractivity contribution >= 4 is 17.3 Å². The van der Waals surface area contributed by atoms with Crippen LogP contribution in [0.25, 0.3) is 0 Å². The zero-order valence-electron chi connectivity index (χ0n) is 5.44. The summed E-state index contributed by atoms with van der Waals surface area (Å²) in [5.74, 6) is -0.536. The second-order valence-corrected chi connectivity index (χ2v) is 2.37. The Morgan fingerprint density at radius 3 is 2.64 bits per heavy atom. The summed E-state index contributed by atoms with van der Waals surface area (Å²) in [5.41, 5.74) is 5.47. The van der Waals surface area contributed by atoms with Crippen molar-refractivity contribution in [1.29, 1.82) is 5.26 Å². The van der Waals surface area contributed by atoms with Gasteiger partial charge in [-0.3, -0.25) is 0 Å². The van der Waals surface area contributed by atoms with E-state index in [1.165, 1.54) is 0 Å². The minimum absolute atomic E-state index is 0.0463. The standard InChI is InChI=1S/C7H4ClFN2/c8-6-1-4(9)2-7(11)5(6)3-10/h1-2H,11H2. The van der Waals surface area contributed by atoms with Crippen LogP contribution in [0.1, 0.15) is 5.56 Å². The molecule has 0 saturated heterocycles. The molecule has 0 aliphatic carbocycles. The van der Waals surface area contributed by atoms with Crippen molar-refractivity contribution in [3.05, 3.63) is 28.5 Å². The van der Waals surface area contributed by atoms with Crippen LogP contribution < -0.4 is 5.73 Å². The lowest BCUT2D eigenvalue weighted by Crippen LogP contribution is -1.92. The molecule has 0 heterocycles. The summed E-state index contributed by atoms with van der Waals surface area (Å²) in [4.78, 5) is 0. The summed E-state index contributed by atoms with van der Waals surface area (Å²) >= 11 is 5.49. The van der Waals surface area contributed by atoms with E-state index in [2.05, 4.69) is 0 Å². The molecule has 0 aliphatic rings. The first-order valence-electron chi connectivity index (χ1n) is 2.79. The molecule has 1 aromatic rings. The van der Waals surface area contributed by atoms with Gasteiger partial charge in [0.25, 0.3) is 0 Å². The lowest BCUT2D eigenvalue weighted by Gasteiger charge is -1.98. The highest BCUT2D eigenvalue weighted by molar-refractivity contribution is 6.32. The molecule has 56 valence electrons. The maximum absolute atomic E-state index is 12.5. The Morgan fingerprint density at radius 2 is 2.18 bits per heavy atom. The van der Waals surface area contributed by atoms with Gasteiger partial charge in [-0.05, 0) is 12.1 Å². The predicted octanol–water partition coefficient (Wildman–Crippen LogP) is 1.93. The van der Waals surface area contributed by atoms with Gasteiger partial charge in [0, 0.05) is 0 Å². The lowest BCUT2D eigenvalue weighted by atomic mass is 10.2. The van der Waals surface area contributed by atoms with Crippen molar-refractivity contribution in [2.75, 3.05) is 5.73 Å². The van der Waals surface area contributed by atoms with Gasteiger partial charge in [0.05, 0.1) is 16.3 Å². The van der Waals surface area contributed by atoms with Crippen molar-refractivity contribution in [1.82, 2.24) is 0 Å². The number of nitrogens with two attached hydrogens (primary N) is 1. The first kappa shape index (κ1) is 7.83. The number of nitrogens with zero attached hydrogens (tertiary/aromatic N) is 1. The molecule has 1 rings (SSSR count). The van der Waals surface area contributed by atoms with E-state index in [9.17, 15) is 4.39 Å². The van der Waals surface area contributed by atoms with Crippen LogP contribution in [0.5, 0.6) is 0 Å². The minimum Gasteiger partial charge on any atom is -0.398 e. The van der Waals surface area contributed by atoms with Gasteiger partial charge < -0.3 is 5.73 Å². The van der Waals surface area contributed by atoms with E-state index in [1.807, 2.05) is 0 Å². The molecule has 0 fully saturated rings. The van der Waals surface area contributed by atoms with E-state index in [4.69, 9.17) is 22.6 Å². The highest BCUT2D eigenvalue weighted by Crippen LogP contribution is 2.22. The summed E-state index contributed by atoms with van der Waals surface area (Å²) in [7, 11) is 0. The van der Waals surface area contributed by atoms with E-state index in [0.717, 1.165) is 12.1 Å². The van der Waals surface area contributed by atoms with E-state index in [0.29, 0.717) is 0 Å². The van der Waals surface area contributed by atoms with E-state index in [-0.39, 0.29) is 16.3 Å². The minimum atomic E-state index is -0.536. The lowest BCUT2D eigenvalue weighted by molar-refractivity contribution is 0.628. The van der Waals surface area contributed by atoms with Gasteiger partial charge in [-0.15, -0.1) is 0 Å². The third-order valence-corrected chi connectivity index (χ3v) is 1.50. The van der Waals surface area contributed by atoms with Crippen LogP contribution in [0.3, 0.4) is 0 Å². The molecule has 0 spiro atoms. The first-order valence-corrected chi connectivity index (χ1v) is 3.17. The zero-order chi connectivity index (χ0) is 8.43. The molecule has 4 heteroatoms. The van der Waals surface area contributed by atoms with Crippen LogP contribution >= 0.6 is 11.6 Å². The van der Waals surface area contributed by atoms with Crippen LogP contribution in [0.4, 0.5) is 10.1 Å². The zero-order valence-corrected chi connectivity index (χ0v) is 6.19. The monoisotopic (exact) mass is 170 g/mol. The Hall–Kier alpha value is -1.27. The summed E-state index contributed by atoms with van der Waals surface area (Å²) < 4.78 is 12.5. The van der Waals surface area contributed by atoms with E-state index in [1.54, 1.807) is 6.07 Å². The van der Waals surface area contributed by atoms with Gasteiger partial charge in [-0.2, -0.15) is 5.26 Å². The van der Waals surface area contributed by atoms with Gasteiger partial charge >= 0.3 is 0 Å². The topological polar surface area (TPSA) is 49.8 Å². The third-order valence-electron chi connectivity index (χ3n) is 1.20. The molecule has 0 radical (unpaired) electrons. The molecule has 0 bridgehead atoms. The molecule has 11 heavy (non-hydrogen) atoms. The normalized spacial score (nSPS) is 9.18. The largest absolute Gasteiger partial charge is 0.398 e. The average Bonchev–Trinajstić information content (AvgIpc) is 1.85. The summed E-state index contributed by atoms with van der Waals surface area (Å²) in [5, 5.41) is 8.50. The smallest absolute Gasteiger partial charge is 0.126 e. The highest BCUT2D eigenvalue weighted by atomic mass is 35.5. The van der Waals surface area contributed by atoms with E-state index >= 15 is 0 Å². The van der Waals surface area contributed by atoms with Gasteiger partial charge in [0.2, 0.25) is 0 Å². The molecule has 2 nitrogen and oxygen atoms in total. The number of nitriles is 1. The van der Waals surface area contributed by atoms with Crippen LogP contribution in [-0.4, -0.2) is 0 Å². The summed E-state index contributed by atoms with van der Waals surface area (Å²) in [6, 6.07) is 3.88. The summed E-state index contributed by atoms with van der Waals surface area (Å²) in [6.45, 7) is 0. The number of hydrogen-bond donors (Lipinski definition) is 1. The number of rotatable bonds is 0. The molecule has 0 amide bonds. The molecule has 0 unspecified atom stereocenters.